The Labute approximate surface area is 176 Å². The molecule has 0 bridgehead atoms. The summed E-state index contributed by atoms with van der Waals surface area (Å²) in [6.45, 7) is 2.46. The second kappa shape index (κ2) is 8.19. The number of rotatable bonds is 5. The molecule has 0 spiro atoms. The predicted molar refractivity (Wildman–Crippen MR) is 116 cm³/mol. The highest BCUT2D eigenvalue weighted by molar-refractivity contribution is 7.17. The van der Waals surface area contributed by atoms with Gasteiger partial charge in [-0.2, -0.15) is 0 Å². The first kappa shape index (κ1) is 19.4. The van der Waals surface area contributed by atoms with E-state index in [4.69, 9.17) is 16.3 Å². The van der Waals surface area contributed by atoms with Gasteiger partial charge in [0.15, 0.2) is 0 Å². The molecule has 146 valence electrons. The van der Waals surface area contributed by atoms with Gasteiger partial charge in [0, 0.05) is 16.0 Å². The van der Waals surface area contributed by atoms with Crippen LogP contribution in [0.2, 0.25) is 5.02 Å². The molecule has 2 aromatic heterocycles. The fourth-order valence-electron chi connectivity index (χ4n) is 3.08. The normalized spacial score (nSPS) is 11.0. The molecule has 0 aliphatic carbocycles. The highest BCUT2D eigenvalue weighted by Crippen LogP contribution is 2.31. The number of fused-ring (bicyclic) bond motifs is 1. The van der Waals surface area contributed by atoms with Crippen LogP contribution in [0.1, 0.15) is 22.8 Å². The SMILES string of the molecule is CCOC(=O)c1ccc(Cn2cnc3scc(-c4ccc(Cl)cc4)c3c2=O)cc1. The Hall–Kier alpha value is -2.96. The highest BCUT2D eigenvalue weighted by atomic mass is 35.5. The number of esters is 1. The van der Waals surface area contributed by atoms with Crippen molar-refractivity contribution in [3.8, 4) is 11.1 Å². The minimum Gasteiger partial charge on any atom is -0.462 e. The zero-order valence-electron chi connectivity index (χ0n) is 15.6. The second-order valence-corrected chi connectivity index (χ2v) is 7.73. The van der Waals surface area contributed by atoms with Crippen LogP contribution in [0.15, 0.2) is 65.0 Å². The molecular formula is C22H17ClN2O3S. The van der Waals surface area contributed by atoms with Crippen LogP contribution in [-0.4, -0.2) is 22.1 Å². The van der Waals surface area contributed by atoms with Crippen LogP contribution in [0.5, 0.6) is 0 Å². The van der Waals surface area contributed by atoms with Crippen molar-refractivity contribution in [1.82, 2.24) is 9.55 Å². The summed E-state index contributed by atoms with van der Waals surface area (Å²) in [5, 5.41) is 3.19. The largest absolute Gasteiger partial charge is 0.462 e. The fraction of sp³-hybridized carbons (Fsp3) is 0.136. The third-order valence-corrected chi connectivity index (χ3v) is 5.67. The number of thiophene rings is 1. The first-order valence-corrected chi connectivity index (χ1v) is 10.3. The fourth-order valence-corrected chi connectivity index (χ4v) is 4.11. The summed E-state index contributed by atoms with van der Waals surface area (Å²) in [5.41, 5.74) is 3.06. The van der Waals surface area contributed by atoms with Gasteiger partial charge >= 0.3 is 5.97 Å². The van der Waals surface area contributed by atoms with Crippen molar-refractivity contribution in [3.05, 3.63) is 86.7 Å². The molecule has 0 aliphatic rings. The van der Waals surface area contributed by atoms with Crippen molar-refractivity contribution in [2.75, 3.05) is 6.61 Å². The molecule has 0 fully saturated rings. The van der Waals surface area contributed by atoms with Gasteiger partial charge in [0.1, 0.15) is 4.83 Å². The molecule has 0 saturated heterocycles. The van der Waals surface area contributed by atoms with Crippen LogP contribution in [0.3, 0.4) is 0 Å². The maximum absolute atomic E-state index is 13.1. The lowest BCUT2D eigenvalue weighted by atomic mass is 10.1. The first-order chi connectivity index (χ1) is 14.1. The topological polar surface area (TPSA) is 61.2 Å². The Bertz CT molecular complexity index is 1230. The summed E-state index contributed by atoms with van der Waals surface area (Å²) in [7, 11) is 0. The zero-order chi connectivity index (χ0) is 20.4. The molecule has 0 saturated carbocycles. The summed E-state index contributed by atoms with van der Waals surface area (Å²) >= 11 is 7.42. The molecule has 7 heteroatoms. The van der Waals surface area contributed by atoms with E-state index in [0.29, 0.717) is 34.0 Å². The van der Waals surface area contributed by atoms with Gasteiger partial charge in [0.2, 0.25) is 0 Å². The maximum Gasteiger partial charge on any atom is 0.338 e. The van der Waals surface area contributed by atoms with Crippen molar-refractivity contribution in [3.63, 3.8) is 0 Å². The molecule has 4 rings (SSSR count). The third-order valence-electron chi connectivity index (χ3n) is 4.53. The van der Waals surface area contributed by atoms with Crippen LogP contribution < -0.4 is 5.56 Å². The van der Waals surface area contributed by atoms with E-state index >= 15 is 0 Å². The van der Waals surface area contributed by atoms with E-state index < -0.39 is 0 Å². The number of nitrogens with zero attached hydrogens (tertiary/aromatic N) is 2. The van der Waals surface area contributed by atoms with E-state index in [2.05, 4.69) is 4.98 Å². The van der Waals surface area contributed by atoms with Crippen molar-refractivity contribution in [1.29, 1.82) is 0 Å². The number of hydrogen-bond acceptors (Lipinski definition) is 5. The van der Waals surface area contributed by atoms with Crippen molar-refractivity contribution in [2.24, 2.45) is 0 Å². The maximum atomic E-state index is 13.1. The Balaban J connectivity index is 1.67. The molecule has 0 aliphatic heterocycles. The summed E-state index contributed by atoms with van der Waals surface area (Å²) in [4.78, 5) is 30.1. The van der Waals surface area contributed by atoms with Gasteiger partial charge in [-0.05, 0) is 42.3 Å². The van der Waals surface area contributed by atoms with E-state index in [1.54, 1.807) is 42.1 Å². The quantitative estimate of drug-likeness (QED) is 0.423. The first-order valence-electron chi connectivity index (χ1n) is 9.05. The minimum absolute atomic E-state index is 0.101. The lowest BCUT2D eigenvalue weighted by Gasteiger charge is -2.08. The van der Waals surface area contributed by atoms with Gasteiger partial charge in [-0.1, -0.05) is 35.9 Å². The van der Waals surface area contributed by atoms with Gasteiger partial charge < -0.3 is 4.74 Å². The number of carbonyl (C=O) groups is 1. The van der Waals surface area contributed by atoms with E-state index in [0.717, 1.165) is 16.7 Å². The minimum atomic E-state index is -0.356. The average molecular weight is 425 g/mol. The summed E-state index contributed by atoms with van der Waals surface area (Å²) in [6, 6.07) is 14.4. The van der Waals surface area contributed by atoms with Gasteiger partial charge in [0.05, 0.1) is 30.4 Å². The number of aromatic nitrogens is 2. The van der Waals surface area contributed by atoms with Crippen LogP contribution >= 0.6 is 22.9 Å². The number of carbonyl (C=O) groups excluding carboxylic acids is 1. The van der Waals surface area contributed by atoms with Crippen molar-refractivity contribution >= 4 is 39.1 Å². The van der Waals surface area contributed by atoms with Crippen LogP contribution in [0, 0.1) is 0 Å². The van der Waals surface area contributed by atoms with Gasteiger partial charge in [-0.25, -0.2) is 9.78 Å². The van der Waals surface area contributed by atoms with E-state index in [9.17, 15) is 9.59 Å². The van der Waals surface area contributed by atoms with Gasteiger partial charge in [0.25, 0.3) is 5.56 Å². The van der Waals surface area contributed by atoms with Gasteiger partial charge in [-0.3, -0.25) is 9.36 Å². The Morgan fingerprint density at radius 3 is 2.55 bits per heavy atom. The van der Waals surface area contributed by atoms with Crippen molar-refractivity contribution in [2.45, 2.75) is 13.5 Å². The number of benzene rings is 2. The third kappa shape index (κ3) is 3.95. The van der Waals surface area contributed by atoms with E-state index in [-0.39, 0.29) is 11.5 Å². The molecule has 2 heterocycles. The number of hydrogen-bond donors (Lipinski definition) is 0. The molecule has 0 atom stereocenters. The summed E-state index contributed by atoms with van der Waals surface area (Å²) < 4.78 is 6.57. The average Bonchev–Trinajstić information content (AvgIpc) is 3.16. The summed E-state index contributed by atoms with van der Waals surface area (Å²) in [6.07, 6.45) is 1.56. The number of ether oxygens (including phenoxy) is 1. The van der Waals surface area contributed by atoms with Gasteiger partial charge in [-0.15, -0.1) is 11.3 Å². The van der Waals surface area contributed by atoms with Crippen molar-refractivity contribution < 1.29 is 9.53 Å². The molecule has 29 heavy (non-hydrogen) atoms. The van der Waals surface area contributed by atoms with Crippen LogP contribution in [-0.2, 0) is 11.3 Å². The Morgan fingerprint density at radius 2 is 1.86 bits per heavy atom. The molecule has 5 nitrogen and oxygen atoms in total. The lowest BCUT2D eigenvalue weighted by molar-refractivity contribution is 0.0526. The van der Waals surface area contributed by atoms with E-state index in [1.807, 2.05) is 29.6 Å². The summed E-state index contributed by atoms with van der Waals surface area (Å²) in [5.74, 6) is -0.356. The Morgan fingerprint density at radius 1 is 1.14 bits per heavy atom. The molecule has 2 aromatic carbocycles. The van der Waals surface area contributed by atoms with Crippen LogP contribution in [0.4, 0.5) is 0 Å². The molecule has 0 unspecified atom stereocenters. The predicted octanol–water partition coefficient (Wildman–Crippen LogP) is 5.00. The monoisotopic (exact) mass is 424 g/mol. The lowest BCUT2D eigenvalue weighted by Crippen LogP contribution is -2.21. The highest BCUT2D eigenvalue weighted by Gasteiger charge is 2.14. The smallest absolute Gasteiger partial charge is 0.338 e. The standard InChI is InChI=1S/C22H17ClN2O3S/c1-2-28-22(27)16-5-3-14(4-6-16)11-25-13-24-20-19(21(25)26)18(12-29-20)15-7-9-17(23)10-8-15/h3-10,12-13H,2,11H2,1H3. The molecule has 0 amide bonds. The Kier molecular flexibility index (Phi) is 5.47. The van der Waals surface area contributed by atoms with Crippen LogP contribution in [0.25, 0.3) is 21.3 Å². The molecule has 4 aromatic rings. The number of halogens is 1. The zero-order valence-corrected chi connectivity index (χ0v) is 17.2. The molecule has 0 radical (unpaired) electrons. The molecular weight excluding hydrogens is 408 g/mol. The second-order valence-electron chi connectivity index (χ2n) is 6.43. The molecule has 0 N–H and O–H groups in total. The van der Waals surface area contributed by atoms with E-state index in [1.165, 1.54) is 11.3 Å².